The normalized spacial score (nSPS) is 13.8. The molecule has 0 spiro atoms. The zero-order chi connectivity index (χ0) is 27.4. The van der Waals surface area contributed by atoms with E-state index in [-0.39, 0.29) is 23.3 Å². The van der Waals surface area contributed by atoms with Gasteiger partial charge in [0.25, 0.3) is 17.4 Å². The summed E-state index contributed by atoms with van der Waals surface area (Å²) in [7, 11) is 0. The first-order valence-electron chi connectivity index (χ1n) is 12.2. The maximum atomic E-state index is 14.0. The van der Waals surface area contributed by atoms with Crippen LogP contribution in [0.4, 0.5) is 4.39 Å². The van der Waals surface area contributed by atoms with Crippen LogP contribution in [0.15, 0.2) is 77.6 Å². The third-order valence-corrected chi connectivity index (χ3v) is 7.22. The fourth-order valence-electron chi connectivity index (χ4n) is 5.17. The number of benzene rings is 3. The van der Waals surface area contributed by atoms with Crippen LogP contribution in [-0.4, -0.2) is 31.5 Å². The van der Waals surface area contributed by atoms with Gasteiger partial charge in [-0.2, -0.15) is 0 Å². The molecule has 2 amide bonds. The van der Waals surface area contributed by atoms with Crippen molar-refractivity contribution in [3.8, 4) is 5.69 Å². The zero-order valence-corrected chi connectivity index (χ0v) is 21.8. The molecular weight excluding hydrogens is 519 g/mol. The minimum atomic E-state index is -0.591. The van der Waals surface area contributed by atoms with Crippen LogP contribution in [0.1, 0.15) is 28.1 Å². The molecule has 1 aliphatic heterocycles. The molecule has 3 heterocycles. The Hall–Kier alpha value is -4.69. The number of nitrogens with zero attached hydrogens (tertiary/aromatic N) is 2. The molecule has 39 heavy (non-hydrogen) atoms. The lowest BCUT2D eigenvalue weighted by atomic mass is 9.94. The number of fused-ring (bicyclic) bond motifs is 1. The molecule has 7 nitrogen and oxygen atoms in total. The highest BCUT2D eigenvalue weighted by atomic mass is 35.5. The molecule has 194 valence electrons. The number of hydrogen-bond donors (Lipinski definition) is 2. The average Bonchev–Trinajstić information content (AvgIpc) is 3.48. The number of carbonyl (C=O) groups excluding carboxylic acids is 2. The Balaban J connectivity index is 1.58. The van der Waals surface area contributed by atoms with Crippen LogP contribution in [0.25, 0.3) is 27.7 Å². The van der Waals surface area contributed by atoms with Crippen molar-refractivity contribution in [2.75, 3.05) is 0 Å². The third kappa shape index (κ3) is 4.00. The van der Waals surface area contributed by atoms with Gasteiger partial charge >= 0.3 is 0 Å². The predicted octanol–water partition coefficient (Wildman–Crippen LogP) is 5.54. The molecule has 0 unspecified atom stereocenters. The third-order valence-electron chi connectivity index (χ3n) is 6.97. The van der Waals surface area contributed by atoms with Gasteiger partial charge < -0.3 is 4.98 Å². The van der Waals surface area contributed by atoms with Crippen molar-refractivity contribution in [1.29, 1.82) is 0 Å². The lowest BCUT2D eigenvalue weighted by Crippen LogP contribution is -2.31. The minimum absolute atomic E-state index is 0.0291. The van der Waals surface area contributed by atoms with E-state index in [1.807, 2.05) is 31.2 Å². The summed E-state index contributed by atoms with van der Waals surface area (Å²) in [4.78, 5) is 46.3. The van der Waals surface area contributed by atoms with Gasteiger partial charge in [-0.15, -0.1) is 0 Å². The Labute approximate surface area is 227 Å². The van der Waals surface area contributed by atoms with E-state index in [0.29, 0.717) is 33.2 Å². The molecule has 9 heteroatoms. The lowest BCUT2D eigenvalue weighted by molar-refractivity contribution is -0.136. The standard InChI is InChI=1S/C30H22ClFN4O3/c1-16-24(22-5-3-4-6-23(22)33-16)26-27(29(38)35(28(26)37)15-18-7-11-20(32)12-8-18)25-17(2)34-36(30(25)39)21-13-9-19(31)10-14-21/h3-14,33-34H,15H2,1-2H3. The Morgan fingerprint density at radius 1 is 0.795 bits per heavy atom. The molecule has 0 saturated carbocycles. The summed E-state index contributed by atoms with van der Waals surface area (Å²) in [5.74, 6) is -1.53. The second-order valence-corrected chi connectivity index (χ2v) is 9.91. The summed E-state index contributed by atoms with van der Waals surface area (Å²) < 4.78 is 14.9. The van der Waals surface area contributed by atoms with Crippen molar-refractivity contribution in [2.45, 2.75) is 20.4 Å². The lowest BCUT2D eigenvalue weighted by Gasteiger charge is -2.15. The summed E-state index contributed by atoms with van der Waals surface area (Å²) in [5.41, 5.74) is 3.44. The SMILES string of the molecule is Cc1[nH]n(-c2ccc(Cl)cc2)c(=O)c1C1=C(c2c(C)[nH]c3ccccc23)C(=O)N(Cc2ccc(F)cc2)C1=O. The molecule has 0 atom stereocenters. The number of aryl methyl sites for hydroxylation is 2. The highest BCUT2D eigenvalue weighted by Gasteiger charge is 2.43. The number of carbonyl (C=O) groups is 2. The Morgan fingerprint density at radius 3 is 2.13 bits per heavy atom. The van der Waals surface area contributed by atoms with Gasteiger partial charge in [-0.05, 0) is 61.9 Å². The van der Waals surface area contributed by atoms with Gasteiger partial charge in [0.2, 0.25) is 0 Å². The van der Waals surface area contributed by atoms with Gasteiger partial charge in [-0.1, -0.05) is 41.9 Å². The largest absolute Gasteiger partial charge is 0.358 e. The van der Waals surface area contributed by atoms with Gasteiger partial charge in [0, 0.05) is 32.9 Å². The summed E-state index contributed by atoms with van der Waals surface area (Å²) >= 11 is 6.03. The number of aromatic amines is 2. The molecule has 0 bridgehead atoms. The first kappa shape index (κ1) is 24.6. The van der Waals surface area contributed by atoms with Crippen LogP contribution in [0.5, 0.6) is 0 Å². The molecule has 0 radical (unpaired) electrons. The maximum absolute atomic E-state index is 14.0. The number of halogens is 2. The van der Waals surface area contributed by atoms with Gasteiger partial charge in [0.15, 0.2) is 0 Å². The van der Waals surface area contributed by atoms with Crippen LogP contribution in [0, 0.1) is 19.7 Å². The van der Waals surface area contributed by atoms with E-state index >= 15 is 0 Å². The molecule has 0 fully saturated rings. The van der Waals surface area contributed by atoms with Crippen LogP contribution in [0.3, 0.4) is 0 Å². The van der Waals surface area contributed by atoms with Crippen molar-refractivity contribution < 1.29 is 14.0 Å². The number of para-hydroxylation sites is 1. The number of aromatic nitrogens is 3. The smallest absolute Gasteiger partial charge is 0.279 e. The van der Waals surface area contributed by atoms with Crippen LogP contribution in [0.2, 0.25) is 5.02 Å². The Kier molecular flexibility index (Phi) is 5.84. The van der Waals surface area contributed by atoms with E-state index in [0.717, 1.165) is 15.8 Å². The van der Waals surface area contributed by atoms with Crippen molar-refractivity contribution in [3.05, 3.63) is 122 Å². The molecule has 5 aromatic rings. The fraction of sp³-hybridized carbons (Fsp3) is 0.100. The molecule has 2 N–H and O–H groups in total. The Bertz CT molecular complexity index is 1880. The van der Waals surface area contributed by atoms with E-state index in [9.17, 15) is 18.8 Å². The van der Waals surface area contributed by atoms with Crippen molar-refractivity contribution >= 4 is 45.5 Å². The highest BCUT2D eigenvalue weighted by molar-refractivity contribution is 6.50. The van der Waals surface area contributed by atoms with Crippen LogP contribution in [-0.2, 0) is 16.1 Å². The van der Waals surface area contributed by atoms with Gasteiger partial charge in [-0.25, -0.2) is 9.07 Å². The highest BCUT2D eigenvalue weighted by Crippen LogP contribution is 2.40. The molecule has 3 aromatic carbocycles. The Morgan fingerprint density at radius 2 is 1.44 bits per heavy atom. The molecule has 6 rings (SSSR count). The number of nitrogens with one attached hydrogen (secondary N) is 2. The monoisotopic (exact) mass is 540 g/mol. The summed E-state index contributed by atoms with van der Waals surface area (Å²) in [6.45, 7) is 3.45. The molecular formula is C30H22ClFN4O3. The molecule has 0 saturated heterocycles. The zero-order valence-electron chi connectivity index (χ0n) is 21.0. The van der Waals surface area contributed by atoms with Gasteiger partial charge in [-0.3, -0.25) is 24.4 Å². The fourth-order valence-corrected chi connectivity index (χ4v) is 5.29. The maximum Gasteiger partial charge on any atom is 0.279 e. The van der Waals surface area contributed by atoms with Crippen LogP contribution < -0.4 is 5.56 Å². The number of rotatable bonds is 5. The number of hydrogen-bond acceptors (Lipinski definition) is 3. The number of amides is 2. The van der Waals surface area contributed by atoms with Crippen molar-refractivity contribution in [2.24, 2.45) is 0 Å². The van der Waals surface area contributed by atoms with Crippen molar-refractivity contribution in [1.82, 2.24) is 19.7 Å². The topological polar surface area (TPSA) is 91.0 Å². The second kappa shape index (κ2) is 9.25. The van der Waals surface area contributed by atoms with E-state index in [2.05, 4.69) is 10.1 Å². The molecule has 1 aliphatic rings. The molecule has 0 aliphatic carbocycles. The van der Waals surface area contributed by atoms with Gasteiger partial charge in [0.05, 0.1) is 28.9 Å². The number of H-pyrrole nitrogens is 2. The first-order chi connectivity index (χ1) is 18.7. The van der Waals surface area contributed by atoms with Crippen molar-refractivity contribution in [3.63, 3.8) is 0 Å². The first-order valence-corrected chi connectivity index (χ1v) is 12.6. The van der Waals surface area contributed by atoms with Crippen LogP contribution >= 0.6 is 11.6 Å². The summed E-state index contributed by atoms with van der Waals surface area (Å²) in [6, 6.07) is 19.8. The predicted molar refractivity (Wildman–Crippen MR) is 148 cm³/mol. The quantitative estimate of drug-likeness (QED) is 0.287. The number of imide groups is 1. The van der Waals surface area contributed by atoms with Gasteiger partial charge in [0.1, 0.15) is 5.82 Å². The average molecular weight is 541 g/mol. The summed E-state index contributed by atoms with van der Waals surface area (Å²) in [5, 5.41) is 4.32. The molecule has 2 aromatic heterocycles. The minimum Gasteiger partial charge on any atom is -0.358 e. The van der Waals surface area contributed by atoms with E-state index < -0.39 is 23.2 Å². The summed E-state index contributed by atoms with van der Waals surface area (Å²) in [6.07, 6.45) is 0. The van der Waals surface area contributed by atoms with E-state index in [4.69, 9.17) is 11.6 Å². The van der Waals surface area contributed by atoms with E-state index in [1.165, 1.54) is 28.9 Å². The van der Waals surface area contributed by atoms with E-state index in [1.54, 1.807) is 31.2 Å². The second-order valence-electron chi connectivity index (χ2n) is 9.47.